The summed E-state index contributed by atoms with van der Waals surface area (Å²) < 4.78 is 39.0. The molecule has 0 aliphatic rings. The van der Waals surface area contributed by atoms with Gasteiger partial charge in [-0.1, -0.05) is 0 Å². The lowest BCUT2D eigenvalue weighted by atomic mass is 10.5. The minimum Gasteiger partial charge on any atom is -0.429 e. The number of nitrogens with zero attached hydrogens (tertiary/aromatic N) is 1. The molecule has 0 aliphatic heterocycles. The van der Waals surface area contributed by atoms with Crippen molar-refractivity contribution in [1.29, 1.82) is 0 Å². The van der Waals surface area contributed by atoms with E-state index in [-0.39, 0.29) is 0 Å². The predicted molar refractivity (Wildman–Crippen MR) is 26.3 cm³/mol. The van der Waals surface area contributed by atoms with E-state index in [0.29, 0.717) is 6.20 Å². The smallest absolute Gasteiger partial charge is 0.429 e. The van der Waals surface area contributed by atoms with Crippen LogP contribution < -0.4 is 0 Å². The van der Waals surface area contributed by atoms with Gasteiger partial charge in [-0.2, -0.15) is 13.2 Å². The second-order valence-electron chi connectivity index (χ2n) is 1.63. The van der Waals surface area contributed by atoms with Crippen LogP contribution in [0.2, 0.25) is 0 Å². The quantitative estimate of drug-likeness (QED) is 0.625. The van der Waals surface area contributed by atoms with Gasteiger partial charge in [-0.05, 0) is 0 Å². The summed E-state index contributed by atoms with van der Waals surface area (Å²) >= 11 is 0. The molecule has 0 bridgehead atoms. The summed E-state index contributed by atoms with van der Waals surface area (Å²) in [5.74, 6) is -1.99. The molecule has 1 rings (SSSR count). The standard InChI is InChI=1S/C5HF3NO2/c6-5(7,8)3-1-9-4(2-10)11-3/h1H. The normalized spacial score (nSPS) is 11.5. The van der Waals surface area contributed by atoms with Crippen molar-refractivity contribution in [2.75, 3.05) is 0 Å². The second-order valence-corrected chi connectivity index (χ2v) is 1.63. The molecule has 0 aromatic carbocycles. The molecule has 3 nitrogen and oxygen atoms in total. The number of hydrogen-bond donors (Lipinski definition) is 0. The maximum absolute atomic E-state index is 11.7. The lowest BCUT2D eigenvalue weighted by molar-refractivity contribution is -0.153. The molecule has 0 saturated heterocycles. The summed E-state index contributed by atoms with van der Waals surface area (Å²) in [5, 5.41) is 0. The Bertz CT molecular complexity index is 265. The van der Waals surface area contributed by atoms with E-state index in [4.69, 9.17) is 0 Å². The fraction of sp³-hybridized carbons (Fsp3) is 0.200. The van der Waals surface area contributed by atoms with E-state index in [1.807, 2.05) is 0 Å². The van der Waals surface area contributed by atoms with Gasteiger partial charge in [0, 0.05) is 0 Å². The van der Waals surface area contributed by atoms with Crippen molar-refractivity contribution >= 4 is 6.29 Å². The molecule has 1 aromatic heterocycles. The monoisotopic (exact) mass is 164 g/mol. The Kier molecular flexibility index (Phi) is 1.67. The van der Waals surface area contributed by atoms with E-state index >= 15 is 0 Å². The van der Waals surface area contributed by atoms with Gasteiger partial charge in [0.2, 0.25) is 5.76 Å². The SMILES string of the molecule is O=[C]c1ncc(C(F)(F)F)o1. The lowest BCUT2D eigenvalue weighted by Gasteiger charge is -1.97. The molecule has 0 atom stereocenters. The van der Waals surface area contributed by atoms with Crippen molar-refractivity contribution < 1.29 is 22.4 Å². The van der Waals surface area contributed by atoms with Crippen LogP contribution >= 0.6 is 0 Å². The number of carbonyl (C=O) groups excluding carboxylic acids is 1. The van der Waals surface area contributed by atoms with Gasteiger partial charge in [0.1, 0.15) is 0 Å². The first-order chi connectivity index (χ1) is 5.04. The van der Waals surface area contributed by atoms with Crippen molar-refractivity contribution in [2.45, 2.75) is 6.18 Å². The number of oxazole rings is 1. The first kappa shape index (κ1) is 7.77. The minimum atomic E-state index is -4.60. The largest absolute Gasteiger partial charge is 0.451 e. The predicted octanol–water partition coefficient (Wildman–Crippen LogP) is 1.15. The van der Waals surface area contributed by atoms with E-state index in [1.165, 1.54) is 0 Å². The maximum atomic E-state index is 11.7. The van der Waals surface area contributed by atoms with Crippen molar-refractivity contribution in [3.63, 3.8) is 0 Å². The van der Waals surface area contributed by atoms with Crippen LogP contribution in [0.1, 0.15) is 11.7 Å². The second kappa shape index (κ2) is 2.37. The topological polar surface area (TPSA) is 43.1 Å². The molecule has 0 amide bonds. The molecule has 0 unspecified atom stereocenters. The average Bonchev–Trinajstić information content (AvgIpc) is 2.32. The summed E-state index contributed by atoms with van der Waals surface area (Å²) in [6.45, 7) is 0. The van der Waals surface area contributed by atoms with Crippen LogP contribution in [-0.4, -0.2) is 11.3 Å². The van der Waals surface area contributed by atoms with Crippen LogP contribution in [0.4, 0.5) is 13.2 Å². The number of aromatic nitrogens is 1. The molecule has 1 radical (unpaired) electrons. The van der Waals surface area contributed by atoms with Gasteiger partial charge < -0.3 is 4.42 Å². The fourth-order valence-electron chi connectivity index (χ4n) is 0.452. The Hall–Kier alpha value is -1.33. The number of halogens is 3. The Morgan fingerprint density at radius 1 is 1.55 bits per heavy atom. The summed E-state index contributed by atoms with van der Waals surface area (Å²) in [4.78, 5) is 12.7. The Labute approximate surface area is 58.8 Å². The van der Waals surface area contributed by atoms with Crippen LogP contribution in [0, 0.1) is 0 Å². The van der Waals surface area contributed by atoms with Crippen molar-refractivity contribution in [3.8, 4) is 0 Å². The molecule has 0 N–H and O–H groups in total. The first-order valence-corrected chi connectivity index (χ1v) is 2.45. The third-order valence-electron chi connectivity index (χ3n) is 0.872. The Morgan fingerprint density at radius 3 is 2.45 bits per heavy atom. The van der Waals surface area contributed by atoms with Gasteiger partial charge in [-0.3, -0.25) is 4.79 Å². The van der Waals surface area contributed by atoms with Crippen LogP contribution in [-0.2, 0) is 11.0 Å². The average molecular weight is 164 g/mol. The van der Waals surface area contributed by atoms with Gasteiger partial charge in [-0.15, -0.1) is 0 Å². The van der Waals surface area contributed by atoms with Gasteiger partial charge in [-0.25, -0.2) is 4.98 Å². The number of alkyl halides is 3. The number of rotatable bonds is 1. The van der Waals surface area contributed by atoms with Crippen LogP contribution in [0.5, 0.6) is 0 Å². The van der Waals surface area contributed by atoms with E-state index in [0.717, 1.165) is 6.29 Å². The highest BCUT2D eigenvalue weighted by atomic mass is 19.4. The van der Waals surface area contributed by atoms with Crippen LogP contribution in [0.15, 0.2) is 10.6 Å². The van der Waals surface area contributed by atoms with Gasteiger partial charge in [0.05, 0.1) is 6.20 Å². The Morgan fingerprint density at radius 2 is 2.18 bits per heavy atom. The van der Waals surface area contributed by atoms with E-state index in [2.05, 4.69) is 9.40 Å². The molecule has 0 spiro atoms. The zero-order valence-electron chi connectivity index (χ0n) is 4.97. The van der Waals surface area contributed by atoms with E-state index in [1.54, 1.807) is 0 Å². The molecule has 11 heavy (non-hydrogen) atoms. The molecule has 6 heteroatoms. The van der Waals surface area contributed by atoms with Crippen LogP contribution in [0.3, 0.4) is 0 Å². The minimum absolute atomic E-state index is 0.431. The van der Waals surface area contributed by atoms with Crippen molar-refractivity contribution in [3.05, 3.63) is 17.8 Å². The third-order valence-corrected chi connectivity index (χ3v) is 0.872. The molecule has 1 heterocycles. The fourth-order valence-corrected chi connectivity index (χ4v) is 0.452. The Balaban J connectivity index is 2.98. The highest BCUT2D eigenvalue weighted by Gasteiger charge is 2.35. The maximum Gasteiger partial charge on any atom is 0.451 e. The van der Waals surface area contributed by atoms with Gasteiger partial charge in [0.25, 0.3) is 12.2 Å². The lowest BCUT2D eigenvalue weighted by Crippen LogP contribution is -2.02. The highest BCUT2D eigenvalue weighted by molar-refractivity contribution is 5.67. The molecule has 1 aromatic rings. The molecule has 0 saturated carbocycles. The molecular weight excluding hydrogens is 163 g/mol. The van der Waals surface area contributed by atoms with E-state index < -0.39 is 17.8 Å². The van der Waals surface area contributed by atoms with Gasteiger partial charge in [0.15, 0.2) is 0 Å². The molecule has 0 aliphatic carbocycles. The zero-order chi connectivity index (χ0) is 8.48. The third kappa shape index (κ3) is 1.57. The van der Waals surface area contributed by atoms with Crippen LogP contribution in [0.25, 0.3) is 0 Å². The molecular formula is C5HF3NO2. The first-order valence-electron chi connectivity index (χ1n) is 2.45. The summed E-state index contributed by atoms with van der Waals surface area (Å²) in [7, 11) is 0. The van der Waals surface area contributed by atoms with Crippen molar-refractivity contribution in [2.24, 2.45) is 0 Å². The zero-order valence-corrected chi connectivity index (χ0v) is 4.97. The van der Waals surface area contributed by atoms with Gasteiger partial charge >= 0.3 is 6.18 Å². The summed E-state index contributed by atoms with van der Waals surface area (Å²) in [5.41, 5.74) is 0. The molecule has 59 valence electrons. The van der Waals surface area contributed by atoms with E-state index in [9.17, 15) is 18.0 Å². The molecule has 0 fully saturated rings. The summed E-state index contributed by atoms with van der Waals surface area (Å²) in [6.07, 6.45) is -3.07. The van der Waals surface area contributed by atoms with Crippen molar-refractivity contribution in [1.82, 2.24) is 4.98 Å². The summed E-state index contributed by atoms with van der Waals surface area (Å²) in [6, 6.07) is 0. The number of hydrogen-bond acceptors (Lipinski definition) is 3. The highest BCUT2D eigenvalue weighted by Crippen LogP contribution is 2.28.